The number of aryl methyl sites for hydroxylation is 2. The third kappa shape index (κ3) is 4.93. The number of benzene rings is 4. The van der Waals surface area contributed by atoms with Crippen molar-refractivity contribution in [2.75, 3.05) is 10.2 Å². The van der Waals surface area contributed by atoms with Gasteiger partial charge in [-0.25, -0.2) is 19.9 Å². The first-order valence-electron chi connectivity index (χ1n) is 16.2. The SMILES string of the molecule is CCCc1ccc2c(c1)Nc1c(cc(CCC)c(N3c4ccccc4Oc4ccc(-c5ncccn5)c(C)c43)c1-c1ncccn1)O2. The summed E-state index contributed by atoms with van der Waals surface area (Å²) in [6.45, 7) is 6.50. The number of nitrogens with one attached hydrogen (secondary N) is 1. The molecule has 0 aliphatic carbocycles. The Bertz CT molecular complexity index is 2120. The van der Waals surface area contributed by atoms with Gasteiger partial charge < -0.3 is 19.7 Å². The number of fused-ring (bicyclic) bond motifs is 4. The molecule has 47 heavy (non-hydrogen) atoms. The molecule has 8 nitrogen and oxygen atoms in total. The first-order valence-corrected chi connectivity index (χ1v) is 16.2. The number of aromatic nitrogens is 4. The Morgan fingerprint density at radius 3 is 2.13 bits per heavy atom. The number of hydrogen-bond donors (Lipinski definition) is 1. The summed E-state index contributed by atoms with van der Waals surface area (Å²) in [5.74, 6) is 4.33. The van der Waals surface area contributed by atoms with Crippen LogP contribution in [0.25, 0.3) is 22.8 Å². The summed E-state index contributed by atoms with van der Waals surface area (Å²) in [5, 5.41) is 3.77. The minimum Gasteiger partial charge on any atom is -0.453 e. The molecule has 0 amide bonds. The Morgan fingerprint density at radius 2 is 1.36 bits per heavy atom. The molecule has 0 unspecified atom stereocenters. The highest BCUT2D eigenvalue weighted by Crippen LogP contribution is 2.59. The van der Waals surface area contributed by atoms with E-state index in [4.69, 9.17) is 19.4 Å². The quantitative estimate of drug-likeness (QED) is 0.189. The van der Waals surface area contributed by atoms with E-state index in [1.165, 1.54) is 5.56 Å². The van der Waals surface area contributed by atoms with E-state index in [1.54, 1.807) is 24.8 Å². The van der Waals surface area contributed by atoms with Crippen molar-refractivity contribution in [2.24, 2.45) is 0 Å². The maximum Gasteiger partial charge on any atom is 0.163 e. The topological polar surface area (TPSA) is 85.3 Å². The van der Waals surface area contributed by atoms with E-state index in [0.29, 0.717) is 11.6 Å². The average Bonchev–Trinajstić information content (AvgIpc) is 3.11. The van der Waals surface area contributed by atoms with E-state index in [1.807, 2.05) is 42.5 Å². The first kappa shape index (κ1) is 28.7. The van der Waals surface area contributed by atoms with Crippen molar-refractivity contribution in [1.29, 1.82) is 0 Å². The molecule has 0 spiro atoms. The van der Waals surface area contributed by atoms with Gasteiger partial charge in [0.25, 0.3) is 0 Å². The second-order valence-corrected chi connectivity index (χ2v) is 11.8. The molecule has 0 bridgehead atoms. The first-order chi connectivity index (χ1) is 23.1. The lowest BCUT2D eigenvalue weighted by Gasteiger charge is -2.38. The molecule has 8 heteroatoms. The molecule has 4 aromatic carbocycles. The number of hydrogen-bond acceptors (Lipinski definition) is 8. The highest BCUT2D eigenvalue weighted by Gasteiger charge is 2.35. The minimum atomic E-state index is 0.603. The third-order valence-electron chi connectivity index (χ3n) is 8.69. The lowest BCUT2D eigenvalue weighted by molar-refractivity contribution is 0.476. The van der Waals surface area contributed by atoms with Crippen LogP contribution in [0.3, 0.4) is 0 Å². The lowest BCUT2D eigenvalue weighted by Crippen LogP contribution is -2.21. The molecule has 0 fully saturated rings. The molecule has 6 aromatic rings. The average molecular weight is 619 g/mol. The predicted molar refractivity (Wildman–Crippen MR) is 186 cm³/mol. The van der Waals surface area contributed by atoms with Crippen LogP contribution in [0.2, 0.25) is 0 Å². The van der Waals surface area contributed by atoms with Gasteiger partial charge in [0, 0.05) is 30.4 Å². The van der Waals surface area contributed by atoms with Crippen LogP contribution < -0.4 is 19.7 Å². The van der Waals surface area contributed by atoms with Crippen molar-refractivity contribution in [3.05, 3.63) is 114 Å². The van der Waals surface area contributed by atoms with Gasteiger partial charge in [0.1, 0.15) is 0 Å². The van der Waals surface area contributed by atoms with Crippen molar-refractivity contribution in [3.63, 3.8) is 0 Å². The fourth-order valence-electron chi connectivity index (χ4n) is 6.64. The summed E-state index contributed by atoms with van der Waals surface area (Å²) in [7, 11) is 0. The zero-order valence-electron chi connectivity index (χ0n) is 26.6. The van der Waals surface area contributed by atoms with E-state index in [-0.39, 0.29) is 0 Å². The number of rotatable bonds is 7. The van der Waals surface area contributed by atoms with Crippen LogP contribution in [0.1, 0.15) is 43.4 Å². The van der Waals surface area contributed by atoms with E-state index in [2.05, 4.69) is 71.3 Å². The summed E-state index contributed by atoms with van der Waals surface area (Å²) in [6, 6.07) is 24.5. The Balaban J connectivity index is 1.44. The van der Waals surface area contributed by atoms with Gasteiger partial charge in [-0.1, -0.05) is 44.9 Å². The van der Waals surface area contributed by atoms with Crippen molar-refractivity contribution in [1.82, 2.24) is 19.9 Å². The van der Waals surface area contributed by atoms with Gasteiger partial charge in [0.15, 0.2) is 34.6 Å². The van der Waals surface area contributed by atoms with Crippen molar-refractivity contribution < 1.29 is 9.47 Å². The second-order valence-electron chi connectivity index (χ2n) is 11.8. The van der Waals surface area contributed by atoms with Gasteiger partial charge in [-0.3, -0.25) is 0 Å². The lowest BCUT2D eigenvalue weighted by atomic mass is 9.94. The fraction of sp³-hybridized carbons (Fsp3) is 0.179. The molecule has 232 valence electrons. The predicted octanol–water partition coefficient (Wildman–Crippen LogP) is 10.2. The van der Waals surface area contributed by atoms with Crippen molar-refractivity contribution in [3.8, 4) is 45.8 Å². The van der Waals surface area contributed by atoms with Gasteiger partial charge >= 0.3 is 0 Å². The van der Waals surface area contributed by atoms with Gasteiger partial charge in [0.2, 0.25) is 0 Å². The van der Waals surface area contributed by atoms with Crippen LogP contribution in [-0.2, 0) is 12.8 Å². The molecule has 0 radical (unpaired) electrons. The van der Waals surface area contributed by atoms with Gasteiger partial charge in [-0.2, -0.15) is 0 Å². The van der Waals surface area contributed by atoms with E-state index in [9.17, 15) is 0 Å². The maximum absolute atomic E-state index is 6.66. The molecule has 0 atom stereocenters. The van der Waals surface area contributed by atoms with E-state index >= 15 is 0 Å². The molecule has 2 aromatic heterocycles. The highest BCUT2D eigenvalue weighted by molar-refractivity contribution is 6.02. The van der Waals surface area contributed by atoms with Crippen molar-refractivity contribution >= 4 is 28.4 Å². The molecule has 0 saturated carbocycles. The van der Waals surface area contributed by atoms with E-state index in [0.717, 1.165) is 99.4 Å². The maximum atomic E-state index is 6.66. The molecule has 0 saturated heterocycles. The second kappa shape index (κ2) is 11.9. The standard InChI is InChI=1S/C39H34N6O2/c1-4-10-25-14-16-30-28(22-25)44-35-33(46-30)23-26(11-5-2)37(34(35)39-42-20-9-21-43-39)45-29-12-6-7-13-31(29)47-32-17-15-27(24(3)36(32)45)38-40-18-8-19-41-38/h6-9,12-23,44H,4-5,10-11H2,1-3H3. The Labute approximate surface area is 274 Å². The molecule has 4 heterocycles. The monoisotopic (exact) mass is 618 g/mol. The Kier molecular flexibility index (Phi) is 7.25. The van der Waals surface area contributed by atoms with Crippen LogP contribution in [-0.4, -0.2) is 19.9 Å². The normalized spacial score (nSPS) is 12.5. The number of anilines is 5. The van der Waals surface area contributed by atoms with Crippen LogP contribution in [0, 0.1) is 6.92 Å². The fourth-order valence-corrected chi connectivity index (χ4v) is 6.64. The highest BCUT2D eigenvalue weighted by atomic mass is 16.5. The largest absolute Gasteiger partial charge is 0.453 e. The van der Waals surface area contributed by atoms with Gasteiger partial charge in [-0.05, 0) is 91.1 Å². The van der Waals surface area contributed by atoms with E-state index < -0.39 is 0 Å². The summed E-state index contributed by atoms with van der Waals surface area (Å²) >= 11 is 0. The molecule has 2 aliphatic rings. The molecular formula is C39H34N6O2. The smallest absolute Gasteiger partial charge is 0.163 e. The van der Waals surface area contributed by atoms with Crippen molar-refractivity contribution in [2.45, 2.75) is 46.5 Å². The third-order valence-corrected chi connectivity index (χ3v) is 8.69. The zero-order valence-corrected chi connectivity index (χ0v) is 26.6. The summed E-state index contributed by atoms with van der Waals surface area (Å²) in [5.41, 5.74) is 9.75. The number of para-hydroxylation sites is 2. The molecule has 8 rings (SSSR count). The molecule has 2 aliphatic heterocycles. The summed E-state index contributed by atoms with van der Waals surface area (Å²) in [4.78, 5) is 21.2. The van der Waals surface area contributed by atoms with Crippen LogP contribution >= 0.6 is 0 Å². The summed E-state index contributed by atoms with van der Waals surface area (Å²) in [6.07, 6.45) is 10.9. The van der Waals surface area contributed by atoms with Crippen LogP contribution in [0.15, 0.2) is 97.6 Å². The number of nitrogens with zero attached hydrogens (tertiary/aromatic N) is 5. The Morgan fingerprint density at radius 1 is 0.660 bits per heavy atom. The van der Waals surface area contributed by atoms with Gasteiger partial charge in [0.05, 0.1) is 34.0 Å². The minimum absolute atomic E-state index is 0.603. The molecule has 1 N–H and O–H groups in total. The zero-order chi connectivity index (χ0) is 31.9. The van der Waals surface area contributed by atoms with Crippen LogP contribution in [0.5, 0.6) is 23.0 Å². The molecular weight excluding hydrogens is 584 g/mol. The van der Waals surface area contributed by atoms with Crippen LogP contribution in [0.4, 0.5) is 28.4 Å². The van der Waals surface area contributed by atoms with Gasteiger partial charge in [-0.15, -0.1) is 0 Å². The number of ether oxygens (including phenoxy) is 2. The summed E-state index contributed by atoms with van der Waals surface area (Å²) < 4.78 is 13.3. The Hall–Kier alpha value is -5.76.